The molecule has 2 rings (SSSR count). The zero-order valence-corrected chi connectivity index (χ0v) is 19.1. The number of halogens is 2. The van der Waals surface area contributed by atoms with E-state index in [1.807, 2.05) is 6.92 Å². The van der Waals surface area contributed by atoms with Crippen LogP contribution < -0.4 is 5.32 Å². The maximum absolute atomic E-state index is 12.0. The Hall–Kier alpha value is -2.26. The van der Waals surface area contributed by atoms with Gasteiger partial charge < -0.3 is 14.8 Å². The molecule has 0 bridgehead atoms. The molecule has 1 amide bonds. The molecule has 1 heterocycles. The van der Waals surface area contributed by atoms with Gasteiger partial charge in [0.05, 0.1) is 24.8 Å². The van der Waals surface area contributed by atoms with Crippen molar-refractivity contribution < 1.29 is 23.9 Å². The lowest BCUT2D eigenvalue weighted by Gasteiger charge is -2.14. The van der Waals surface area contributed by atoms with E-state index in [1.165, 1.54) is 7.11 Å². The summed E-state index contributed by atoms with van der Waals surface area (Å²) in [5.74, 6) is -1.32. The number of hydrogen-bond donors (Lipinski definition) is 1. The Morgan fingerprint density at radius 2 is 1.83 bits per heavy atom. The van der Waals surface area contributed by atoms with E-state index in [2.05, 4.69) is 46.9 Å². The molecule has 0 aliphatic carbocycles. The predicted molar refractivity (Wildman–Crippen MR) is 113 cm³/mol. The van der Waals surface area contributed by atoms with Gasteiger partial charge >= 0.3 is 11.9 Å². The normalized spacial score (nSPS) is 11.4. The van der Waals surface area contributed by atoms with E-state index < -0.39 is 11.9 Å². The summed E-state index contributed by atoms with van der Waals surface area (Å²) in [5.41, 5.74) is 1.95. The number of pyridine rings is 1. The number of amides is 1. The van der Waals surface area contributed by atoms with Crippen LogP contribution in [0, 0.1) is 0 Å². The van der Waals surface area contributed by atoms with Gasteiger partial charge in [0.2, 0.25) is 0 Å². The van der Waals surface area contributed by atoms with Crippen molar-refractivity contribution in [1.82, 2.24) is 10.3 Å². The molecule has 29 heavy (non-hydrogen) atoms. The highest BCUT2D eigenvalue weighted by Crippen LogP contribution is 2.17. The van der Waals surface area contributed by atoms with Gasteiger partial charge in [-0.1, -0.05) is 28.1 Å². The first kappa shape index (κ1) is 23.0. The number of rotatable bonds is 8. The summed E-state index contributed by atoms with van der Waals surface area (Å²) in [6.07, 6.45) is 0.532. The molecule has 1 aromatic carbocycles. The average Bonchev–Trinajstić information content (AvgIpc) is 2.65. The highest BCUT2D eigenvalue weighted by atomic mass is 79.9. The second-order valence-electron chi connectivity index (χ2n) is 6.30. The van der Waals surface area contributed by atoms with Crippen molar-refractivity contribution in [2.24, 2.45) is 0 Å². The molecule has 1 N–H and O–H groups in total. The summed E-state index contributed by atoms with van der Waals surface area (Å²) in [5, 5.41) is 2.78. The first-order chi connectivity index (χ1) is 13.8. The Balaban J connectivity index is 1.76. The number of aromatic nitrogens is 1. The summed E-state index contributed by atoms with van der Waals surface area (Å²) in [6.45, 7) is 1.48. The van der Waals surface area contributed by atoms with Crippen molar-refractivity contribution in [2.75, 3.05) is 13.7 Å². The molecule has 9 heteroatoms. The highest BCUT2D eigenvalue weighted by Gasteiger charge is 2.13. The maximum atomic E-state index is 12.0. The van der Waals surface area contributed by atoms with Gasteiger partial charge in [-0.25, -0.2) is 9.78 Å². The minimum Gasteiger partial charge on any atom is -0.465 e. The molecule has 0 radical (unpaired) electrons. The number of ether oxygens (including phenoxy) is 2. The van der Waals surface area contributed by atoms with E-state index in [9.17, 15) is 14.4 Å². The van der Waals surface area contributed by atoms with Gasteiger partial charge in [-0.3, -0.25) is 9.59 Å². The van der Waals surface area contributed by atoms with Crippen LogP contribution in [-0.2, 0) is 31.9 Å². The molecule has 2 aromatic rings. The summed E-state index contributed by atoms with van der Waals surface area (Å²) < 4.78 is 11.1. The standard InChI is InChI=1S/C20H20Br2N2O5/c1-12(7-13-3-5-14(6-4-13)20(27)28-2)23-18(25)11-29-19(26)10-16-8-15(21)9-17(22)24-16/h3-6,8-9,12H,7,10-11H2,1-2H3,(H,23,25). The number of methoxy groups -OCH3 is 1. The minimum atomic E-state index is -0.538. The van der Waals surface area contributed by atoms with E-state index >= 15 is 0 Å². The van der Waals surface area contributed by atoms with Gasteiger partial charge in [0.25, 0.3) is 5.91 Å². The molecule has 0 saturated heterocycles. The van der Waals surface area contributed by atoms with Gasteiger partial charge in [0.15, 0.2) is 6.61 Å². The number of nitrogens with one attached hydrogen (secondary N) is 1. The molecule has 1 unspecified atom stereocenters. The number of nitrogens with zero attached hydrogens (tertiary/aromatic N) is 1. The van der Waals surface area contributed by atoms with E-state index in [0.717, 1.165) is 10.0 Å². The SMILES string of the molecule is COC(=O)c1ccc(CC(C)NC(=O)COC(=O)Cc2cc(Br)cc(Br)n2)cc1. The van der Waals surface area contributed by atoms with Gasteiger partial charge in [0, 0.05) is 10.5 Å². The van der Waals surface area contributed by atoms with Gasteiger partial charge in [-0.15, -0.1) is 0 Å². The molecule has 0 aliphatic heterocycles. The monoisotopic (exact) mass is 526 g/mol. The second kappa shape index (κ2) is 11.1. The van der Waals surface area contributed by atoms with Crippen LogP contribution in [0.3, 0.4) is 0 Å². The van der Waals surface area contributed by atoms with E-state index in [0.29, 0.717) is 22.3 Å². The second-order valence-corrected chi connectivity index (χ2v) is 8.03. The van der Waals surface area contributed by atoms with Crippen LogP contribution in [0.25, 0.3) is 0 Å². The van der Waals surface area contributed by atoms with Crippen molar-refractivity contribution in [3.63, 3.8) is 0 Å². The lowest BCUT2D eigenvalue weighted by atomic mass is 10.1. The smallest absolute Gasteiger partial charge is 0.337 e. The summed E-state index contributed by atoms with van der Waals surface area (Å²) in [6, 6.07) is 10.2. The first-order valence-electron chi connectivity index (χ1n) is 8.71. The van der Waals surface area contributed by atoms with Crippen molar-refractivity contribution in [2.45, 2.75) is 25.8 Å². The molecular weight excluding hydrogens is 508 g/mol. The topological polar surface area (TPSA) is 94.6 Å². The lowest BCUT2D eigenvalue weighted by molar-refractivity contribution is -0.148. The van der Waals surface area contributed by atoms with E-state index in [4.69, 9.17) is 4.74 Å². The third kappa shape index (κ3) is 7.94. The lowest BCUT2D eigenvalue weighted by Crippen LogP contribution is -2.37. The van der Waals surface area contributed by atoms with Crippen LogP contribution in [0.1, 0.15) is 28.5 Å². The van der Waals surface area contributed by atoms with E-state index in [1.54, 1.807) is 36.4 Å². The molecule has 0 spiro atoms. The molecule has 154 valence electrons. The number of carbonyl (C=O) groups excluding carboxylic acids is 3. The Bertz CT molecular complexity index is 867. The van der Waals surface area contributed by atoms with Crippen LogP contribution >= 0.6 is 31.9 Å². The third-order valence-electron chi connectivity index (χ3n) is 3.83. The number of benzene rings is 1. The third-order valence-corrected chi connectivity index (χ3v) is 4.69. The predicted octanol–water partition coefficient (Wildman–Crippen LogP) is 3.23. The van der Waals surface area contributed by atoms with Crippen molar-refractivity contribution in [3.05, 3.63) is 62.3 Å². The number of hydrogen-bond acceptors (Lipinski definition) is 6. The molecule has 7 nitrogen and oxygen atoms in total. The van der Waals surface area contributed by atoms with Crippen LogP contribution in [0.15, 0.2) is 45.5 Å². The first-order valence-corrected chi connectivity index (χ1v) is 10.3. The maximum Gasteiger partial charge on any atom is 0.337 e. The molecule has 1 aromatic heterocycles. The van der Waals surface area contributed by atoms with Crippen molar-refractivity contribution in [3.8, 4) is 0 Å². The van der Waals surface area contributed by atoms with E-state index in [-0.39, 0.29) is 25.0 Å². The molecule has 0 saturated carbocycles. The molecule has 1 atom stereocenters. The summed E-state index contributed by atoms with van der Waals surface area (Å²) >= 11 is 6.58. The Kier molecular flexibility index (Phi) is 8.78. The zero-order valence-electron chi connectivity index (χ0n) is 15.9. The molecular formula is C20H20Br2N2O5. The largest absolute Gasteiger partial charge is 0.465 e. The van der Waals surface area contributed by atoms with Crippen molar-refractivity contribution >= 4 is 49.7 Å². The van der Waals surface area contributed by atoms with Crippen LogP contribution in [0.4, 0.5) is 0 Å². The highest BCUT2D eigenvalue weighted by molar-refractivity contribution is 9.11. The van der Waals surface area contributed by atoms with Crippen LogP contribution in [0.5, 0.6) is 0 Å². The van der Waals surface area contributed by atoms with Gasteiger partial charge in [-0.05, 0) is 59.1 Å². The fourth-order valence-electron chi connectivity index (χ4n) is 2.57. The Labute approximate surface area is 185 Å². The fraction of sp³-hybridized carbons (Fsp3) is 0.300. The van der Waals surface area contributed by atoms with Crippen molar-refractivity contribution in [1.29, 1.82) is 0 Å². The minimum absolute atomic E-state index is 0.0343. The van der Waals surface area contributed by atoms with Gasteiger partial charge in [0.1, 0.15) is 4.60 Å². The molecule has 0 fully saturated rings. The number of carbonyl (C=O) groups is 3. The zero-order chi connectivity index (χ0) is 21.4. The fourth-order valence-corrected chi connectivity index (χ4v) is 3.83. The van der Waals surface area contributed by atoms with Gasteiger partial charge in [-0.2, -0.15) is 0 Å². The Morgan fingerprint density at radius 3 is 2.45 bits per heavy atom. The summed E-state index contributed by atoms with van der Waals surface area (Å²) in [7, 11) is 1.33. The van der Waals surface area contributed by atoms with Crippen LogP contribution in [-0.4, -0.2) is 42.6 Å². The quantitative estimate of drug-likeness (QED) is 0.418. The average molecular weight is 528 g/mol. The van der Waals surface area contributed by atoms with Crippen LogP contribution in [0.2, 0.25) is 0 Å². The number of esters is 2. The Morgan fingerprint density at radius 1 is 1.14 bits per heavy atom. The molecule has 0 aliphatic rings. The summed E-state index contributed by atoms with van der Waals surface area (Å²) in [4.78, 5) is 39.5.